The molecule has 5 heteroatoms. The maximum atomic E-state index is 11.5. The van der Waals surface area contributed by atoms with Crippen molar-refractivity contribution in [1.82, 2.24) is 5.32 Å². The molecule has 0 aromatic heterocycles. The van der Waals surface area contributed by atoms with Gasteiger partial charge in [-0.15, -0.1) is 0 Å². The molecule has 3 N–H and O–H groups in total. The third-order valence-corrected chi connectivity index (χ3v) is 6.02. The Kier molecular flexibility index (Phi) is 2.12. The van der Waals surface area contributed by atoms with Crippen LogP contribution in [0.15, 0.2) is 0 Å². The molecule has 1 saturated heterocycles. The molecule has 2 heterocycles. The molecule has 2 rings (SSSR count). The normalized spacial score (nSPS) is 40.7. The number of amidine groups is 1. The second kappa shape index (κ2) is 2.97. The van der Waals surface area contributed by atoms with Crippen LogP contribution in [0.4, 0.5) is 0 Å². The van der Waals surface area contributed by atoms with Gasteiger partial charge < -0.3 is 0 Å². The molecule has 4 nitrogen and oxygen atoms in total. The number of hydrogen-bond donors (Lipinski definition) is 3. The summed E-state index contributed by atoms with van der Waals surface area (Å²) in [5, 5.41) is 12.9. The minimum atomic E-state index is -0.605. The van der Waals surface area contributed by atoms with Gasteiger partial charge in [0.25, 0.3) is 0 Å². The Morgan fingerprint density at radius 3 is 2.64 bits per heavy atom. The Morgan fingerprint density at radius 2 is 2.21 bits per heavy atom. The Morgan fingerprint density at radius 1 is 1.57 bits per heavy atom. The van der Waals surface area contributed by atoms with Crippen LogP contribution in [0.2, 0.25) is 9.63 Å². The van der Waals surface area contributed by atoms with E-state index in [1.54, 1.807) is 0 Å². The van der Waals surface area contributed by atoms with Crippen LogP contribution in [-0.4, -0.2) is 37.5 Å². The molecule has 2 atom stereocenters. The fourth-order valence-corrected chi connectivity index (χ4v) is 2.89. The molecular formula is C9H15N2O2Se+. The number of rotatable bonds is 3. The Balaban J connectivity index is 1.98. The van der Waals surface area contributed by atoms with E-state index in [1.807, 2.05) is 6.92 Å². The number of carbonyl (C=O) groups is 1. The average molecular weight is 262 g/mol. The van der Waals surface area contributed by atoms with Crippen molar-refractivity contribution in [2.45, 2.75) is 41.9 Å². The molecule has 78 valence electrons. The first-order chi connectivity index (χ1) is 6.44. The van der Waals surface area contributed by atoms with Crippen molar-refractivity contribution in [1.29, 1.82) is 0 Å². The van der Waals surface area contributed by atoms with Crippen LogP contribution >= 0.6 is 0 Å². The van der Waals surface area contributed by atoms with Crippen LogP contribution in [0.5, 0.6) is 0 Å². The number of aliphatic hydroxyl groups is 1. The van der Waals surface area contributed by atoms with Crippen molar-refractivity contribution < 1.29 is 14.9 Å². The number of aliphatic hydroxyl groups excluding tert-OH is 1. The predicted molar refractivity (Wildman–Crippen MR) is 53.3 cm³/mol. The third-order valence-electron chi connectivity index (χ3n) is 2.92. The van der Waals surface area contributed by atoms with Gasteiger partial charge in [-0.3, -0.25) is 0 Å². The van der Waals surface area contributed by atoms with Gasteiger partial charge in [0, 0.05) is 0 Å². The van der Waals surface area contributed by atoms with Gasteiger partial charge >= 0.3 is 89.0 Å². The quantitative estimate of drug-likeness (QED) is 0.569. The average Bonchev–Trinajstić information content (AvgIpc) is 2.75. The van der Waals surface area contributed by atoms with Crippen LogP contribution in [0, 0.1) is 0 Å². The fourth-order valence-electron chi connectivity index (χ4n) is 1.55. The van der Waals surface area contributed by atoms with Gasteiger partial charge in [0.15, 0.2) is 0 Å². The second-order valence-electron chi connectivity index (χ2n) is 4.50. The van der Waals surface area contributed by atoms with Crippen LogP contribution in [-0.2, 0) is 4.79 Å². The van der Waals surface area contributed by atoms with Gasteiger partial charge in [-0.05, 0) is 0 Å². The van der Waals surface area contributed by atoms with Crippen molar-refractivity contribution in [2.24, 2.45) is 0 Å². The molecule has 2 unspecified atom stereocenters. The first kappa shape index (κ1) is 9.99. The Hall–Kier alpha value is -0.541. The maximum absolute atomic E-state index is 11.5. The second-order valence-corrected chi connectivity index (χ2v) is 7.78. The van der Waals surface area contributed by atoms with E-state index in [0.717, 1.165) is 27.8 Å². The molecule has 0 bridgehead atoms. The Bertz CT molecular complexity index is 312. The van der Waals surface area contributed by atoms with E-state index in [0.29, 0.717) is 4.31 Å². The first-order valence-corrected chi connectivity index (χ1v) is 6.80. The molecule has 2 aliphatic heterocycles. The zero-order valence-corrected chi connectivity index (χ0v) is 10.1. The Labute approximate surface area is 89.3 Å². The molecular weight excluding hydrogens is 247 g/mol. The molecule has 0 saturated carbocycles. The van der Waals surface area contributed by atoms with Crippen LogP contribution in [0.1, 0.15) is 26.7 Å². The molecule has 1 amide bonds. The number of carbonyl (C=O) groups excluding carboxylic acids is 1. The van der Waals surface area contributed by atoms with Crippen molar-refractivity contribution >= 4 is 26.9 Å². The zero-order valence-electron chi connectivity index (χ0n) is 8.39. The van der Waals surface area contributed by atoms with Crippen molar-refractivity contribution in [3.63, 3.8) is 0 Å². The van der Waals surface area contributed by atoms with Crippen LogP contribution in [0.3, 0.4) is 0 Å². The summed E-state index contributed by atoms with van der Waals surface area (Å²) >= 11 is 0.768. The summed E-state index contributed by atoms with van der Waals surface area (Å²) in [7, 11) is 0. The van der Waals surface area contributed by atoms with Gasteiger partial charge in [-0.2, -0.15) is 0 Å². The zero-order chi connectivity index (χ0) is 10.4. The standard InChI is InChI=1S/C9H14N2O2Se/c1-8(5-14-8)3-4-9(2)6(12)10-7(13)11-9/h3-5H2,1-2H3,(H2,10,11,12,13)/p+1. The number of amides is 1. The third kappa shape index (κ3) is 1.79. The number of hydrogen-bond acceptors (Lipinski definition) is 1. The molecule has 0 aromatic carbocycles. The molecule has 0 aromatic rings. The van der Waals surface area contributed by atoms with E-state index >= 15 is 0 Å². The fraction of sp³-hybridized carbons (Fsp3) is 0.778. The molecule has 1 fully saturated rings. The van der Waals surface area contributed by atoms with Crippen molar-refractivity contribution in [3.05, 3.63) is 0 Å². The van der Waals surface area contributed by atoms with Crippen molar-refractivity contribution in [2.75, 3.05) is 0 Å². The summed E-state index contributed by atoms with van der Waals surface area (Å²) < 4.78 is 0.510. The van der Waals surface area contributed by atoms with Gasteiger partial charge in [-0.25, -0.2) is 0 Å². The summed E-state index contributed by atoms with van der Waals surface area (Å²) in [5.41, 5.74) is -0.605. The summed E-state index contributed by atoms with van der Waals surface area (Å²) in [6.45, 7) is 4.11. The van der Waals surface area contributed by atoms with E-state index < -0.39 is 5.54 Å². The molecule has 2 aliphatic rings. The van der Waals surface area contributed by atoms with E-state index in [2.05, 4.69) is 17.2 Å². The summed E-state index contributed by atoms with van der Waals surface area (Å²) in [6.07, 6.45) is 1.86. The summed E-state index contributed by atoms with van der Waals surface area (Å²) in [6, 6.07) is -0.107. The van der Waals surface area contributed by atoms with E-state index in [-0.39, 0.29) is 11.9 Å². The van der Waals surface area contributed by atoms with Crippen molar-refractivity contribution in [3.8, 4) is 0 Å². The van der Waals surface area contributed by atoms with Gasteiger partial charge in [0.2, 0.25) is 0 Å². The topological polar surface area (TPSA) is 63.3 Å². The first-order valence-electron chi connectivity index (χ1n) is 4.73. The molecule has 0 aliphatic carbocycles. The molecule has 14 heavy (non-hydrogen) atoms. The van der Waals surface area contributed by atoms with Crippen LogP contribution in [0.25, 0.3) is 0 Å². The summed E-state index contributed by atoms with van der Waals surface area (Å²) in [4.78, 5) is 14.3. The van der Waals surface area contributed by atoms with Gasteiger partial charge in [0.1, 0.15) is 0 Å². The van der Waals surface area contributed by atoms with Gasteiger partial charge in [0.05, 0.1) is 0 Å². The van der Waals surface area contributed by atoms with Crippen LogP contribution < -0.4 is 10.3 Å². The molecule has 0 radical (unpaired) electrons. The van der Waals surface area contributed by atoms with Gasteiger partial charge in [-0.1, -0.05) is 0 Å². The summed E-state index contributed by atoms with van der Waals surface area (Å²) in [5.74, 6) is -0.119. The monoisotopic (exact) mass is 263 g/mol. The predicted octanol–water partition coefficient (Wildman–Crippen LogP) is -1.04. The molecule has 0 spiro atoms. The number of nitrogens with one attached hydrogen (secondary N) is 2. The minimum absolute atomic E-state index is 0.107. The van der Waals surface area contributed by atoms with E-state index in [1.165, 1.54) is 5.32 Å². The van der Waals surface area contributed by atoms with E-state index in [9.17, 15) is 4.79 Å². The van der Waals surface area contributed by atoms with E-state index in [4.69, 9.17) is 5.11 Å². The SMILES string of the molecule is CC1(CCC2(C)[NH+]=C(O)NC2=O)C[Se]1.